The molecule has 0 saturated carbocycles. The Morgan fingerprint density at radius 2 is 1.89 bits per heavy atom. The first-order valence-corrected chi connectivity index (χ1v) is 10.2. The van der Waals surface area contributed by atoms with Gasteiger partial charge in [-0.3, -0.25) is 4.90 Å². The summed E-state index contributed by atoms with van der Waals surface area (Å²) in [6.45, 7) is 9.66. The smallest absolute Gasteiger partial charge is 0.168 e. The molecule has 152 valence electrons. The van der Waals surface area contributed by atoms with Crippen LogP contribution in [0.1, 0.15) is 38.6 Å². The number of benzene rings is 1. The van der Waals surface area contributed by atoms with Gasteiger partial charge in [0.1, 0.15) is 5.82 Å². The highest BCUT2D eigenvalue weighted by molar-refractivity contribution is 5.46. The third kappa shape index (κ3) is 4.17. The minimum absolute atomic E-state index is 0.173. The molecule has 0 bridgehead atoms. The molecule has 3 heterocycles. The molecule has 7 nitrogen and oxygen atoms in total. The number of ether oxygens (including phenoxy) is 1. The molecule has 0 spiro atoms. The third-order valence-corrected chi connectivity index (χ3v) is 5.76. The molecule has 4 rings (SSSR count). The summed E-state index contributed by atoms with van der Waals surface area (Å²) in [6, 6.07) is 6.93. The molecule has 2 aliphatic rings. The number of aromatic nitrogens is 4. The van der Waals surface area contributed by atoms with E-state index < -0.39 is 0 Å². The fourth-order valence-corrected chi connectivity index (χ4v) is 4.33. The van der Waals surface area contributed by atoms with Crippen LogP contribution < -0.4 is 4.90 Å². The number of tetrazole rings is 1. The van der Waals surface area contributed by atoms with Crippen molar-refractivity contribution in [2.45, 2.75) is 45.4 Å². The lowest BCUT2D eigenvalue weighted by atomic mass is 10.0. The van der Waals surface area contributed by atoms with Crippen LogP contribution in [-0.4, -0.2) is 64.0 Å². The van der Waals surface area contributed by atoms with Gasteiger partial charge in [-0.05, 0) is 53.5 Å². The summed E-state index contributed by atoms with van der Waals surface area (Å²) in [5, 5.41) is 12.6. The average Bonchev–Trinajstić information content (AvgIpc) is 3.36. The lowest BCUT2D eigenvalue weighted by Crippen LogP contribution is -2.49. The van der Waals surface area contributed by atoms with Gasteiger partial charge in [0, 0.05) is 38.5 Å². The van der Waals surface area contributed by atoms with Crippen LogP contribution in [0.15, 0.2) is 24.3 Å². The van der Waals surface area contributed by atoms with Crippen molar-refractivity contribution in [2.24, 2.45) is 5.92 Å². The number of nitrogens with zero attached hydrogens (tertiary/aromatic N) is 6. The molecule has 2 aliphatic heterocycles. The predicted molar refractivity (Wildman–Crippen MR) is 105 cm³/mol. The van der Waals surface area contributed by atoms with Gasteiger partial charge in [0.2, 0.25) is 0 Å². The van der Waals surface area contributed by atoms with Crippen molar-refractivity contribution in [1.29, 1.82) is 0 Å². The highest BCUT2D eigenvalue weighted by atomic mass is 19.1. The summed E-state index contributed by atoms with van der Waals surface area (Å²) in [7, 11) is 0. The molecule has 0 radical (unpaired) electrons. The second kappa shape index (κ2) is 8.53. The van der Waals surface area contributed by atoms with Gasteiger partial charge in [-0.25, -0.2) is 9.07 Å². The maximum absolute atomic E-state index is 13.2. The van der Waals surface area contributed by atoms with Crippen molar-refractivity contribution in [3.05, 3.63) is 35.9 Å². The van der Waals surface area contributed by atoms with Crippen molar-refractivity contribution in [2.75, 3.05) is 37.7 Å². The second-order valence-electron chi connectivity index (χ2n) is 8.04. The van der Waals surface area contributed by atoms with Crippen LogP contribution in [0, 0.1) is 11.7 Å². The summed E-state index contributed by atoms with van der Waals surface area (Å²) in [5.74, 6) is 1.13. The predicted octanol–water partition coefficient (Wildman–Crippen LogP) is 2.51. The largest absolute Gasteiger partial charge is 0.376 e. The zero-order valence-electron chi connectivity index (χ0n) is 16.7. The maximum Gasteiger partial charge on any atom is 0.168 e. The van der Waals surface area contributed by atoms with Gasteiger partial charge in [0.15, 0.2) is 5.82 Å². The average molecular weight is 388 g/mol. The van der Waals surface area contributed by atoms with Crippen LogP contribution in [0.2, 0.25) is 0 Å². The van der Waals surface area contributed by atoms with E-state index in [1.807, 2.05) is 16.8 Å². The molecule has 2 aromatic rings. The molecule has 1 aromatic carbocycles. The van der Waals surface area contributed by atoms with E-state index >= 15 is 0 Å². The standard InChI is InChI=1S/C20H29FN6O/c1-15(2)19(20-22-23-24-27(20)14-18-4-3-13-28-18)26-11-9-25(10-12-26)17-7-5-16(21)6-8-17/h5-8,15,18-19H,3-4,9-14H2,1-2H3. The van der Waals surface area contributed by atoms with Crippen LogP contribution in [0.4, 0.5) is 10.1 Å². The van der Waals surface area contributed by atoms with E-state index in [2.05, 4.69) is 39.2 Å². The van der Waals surface area contributed by atoms with Gasteiger partial charge in [-0.2, -0.15) is 0 Å². The van der Waals surface area contributed by atoms with Crippen molar-refractivity contribution >= 4 is 5.69 Å². The quantitative estimate of drug-likeness (QED) is 0.758. The Morgan fingerprint density at radius 3 is 2.54 bits per heavy atom. The van der Waals surface area contributed by atoms with Crippen LogP contribution >= 0.6 is 0 Å². The Morgan fingerprint density at radius 1 is 1.14 bits per heavy atom. The monoisotopic (exact) mass is 388 g/mol. The number of piperazine rings is 1. The maximum atomic E-state index is 13.2. The van der Waals surface area contributed by atoms with E-state index in [1.165, 1.54) is 12.1 Å². The summed E-state index contributed by atoms with van der Waals surface area (Å²) in [4.78, 5) is 4.78. The first kappa shape index (κ1) is 19.3. The normalized spacial score (nSPS) is 22.1. The van der Waals surface area contributed by atoms with Gasteiger partial charge >= 0.3 is 0 Å². The van der Waals surface area contributed by atoms with Crippen LogP contribution in [-0.2, 0) is 11.3 Å². The molecule has 0 aliphatic carbocycles. The Hall–Kier alpha value is -2.06. The third-order valence-electron chi connectivity index (χ3n) is 5.76. The molecule has 0 N–H and O–H groups in total. The van der Waals surface area contributed by atoms with E-state index in [1.54, 1.807) is 0 Å². The minimum atomic E-state index is -0.194. The van der Waals surface area contributed by atoms with Gasteiger partial charge in [0.25, 0.3) is 0 Å². The van der Waals surface area contributed by atoms with E-state index in [0.29, 0.717) is 5.92 Å². The van der Waals surface area contributed by atoms with Crippen LogP contribution in [0.5, 0.6) is 0 Å². The zero-order valence-corrected chi connectivity index (χ0v) is 16.7. The summed E-state index contributed by atoms with van der Waals surface area (Å²) in [5.41, 5.74) is 1.07. The molecule has 2 saturated heterocycles. The summed E-state index contributed by atoms with van der Waals surface area (Å²) in [6.07, 6.45) is 2.40. The molecule has 2 atom stereocenters. The van der Waals surface area contributed by atoms with Gasteiger partial charge in [-0.1, -0.05) is 13.8 Å². The zero-order chi connectivity index (χ0) is 19.5. The van der Waals surface area contributed by atoms with E-state index in [4.69, 9.17) is 4.74 Å². The second-order valence-corrected chi connectivity index (χ2v) is 8.04. The molecule has 8 heteroatoms. The molecular formula is C20H29FN6O. The lowest BCUT2D eigenvalue weighted by molar-refractivity contribution is 0.0865. The van der Waals surface area contributed by atoms with Crippen molar-refractivity contribution < 1.29 is 9.13 Å². The Balaban J connectivity index is 1.44. The summed E-state index contributed by atoms with van der Waals surface area (Å²) >= 11 is 0. The molecule has 28 heavy (non-hydrogen) atoms. The van der Waals surface area contributed by atoms with E-state index in [0.717, 1.165) is 63.7 Å². The van der Waals surface area contributed by atoms with Crippen LogP contribution in [0.3, 0.4) is 0 Å². The fraction of sp³-hybridized carbons (Fsp3) is 0.650. The molecular weight excluding hydrogens is 359 g/mol. The Kier molecular flexibility index (Phi) is 5.87. The van der Waals surface area contributed by atoms with Crippen molar-refractivity contribution in [3.8, 4) is 0 Å². The van der Waals surface area contributed by atoms with Crippen molar-refractivity contribution in [1.82, 2.24) is 25.1 Å². The molecule has 2 fully saturated rings. The van der Waals surface area contributed by atoms with Crippen LogP contribution in [0.25, 0.3) is 0 Å². The summed E-state index contributed by atoms with van der Waals surface area (Å²) < 4.78 is 20.9. The number of anilines is 1. The van der Waals surface area contributed by atoms with E-state index in [-0.39, 0.29) is 18.0 Å². The number of rotatable bonds is 6. The fourth-order valence-electron chi connectivity index (χ4n) is 4.33. The SMILES string of the molecule is CC(C)C(c1nnnn1CC1CCCO1)N1CCN(c2ccc(F)cc2)CC1. The number of halogens is 1. The molecule has 0 amide bonds. The number of hydrogen-bond acceptors (Lipinski definition) is 6. The van der Waals surface area contributed by atoms with E-state index in [9.17, 15) is 4.39 Å². The van der Waals surface area contributed by atoms with Gasteiger partial charge in [-0.15, -0.1) is 5.10 Å². The van der Waals surface area contributed by atoms with Crippen molar-refractivity contribution in [3.63, 3.8) is 0 Å². The minimum Gasteiger partial charge on any atom is -0.376 e. The van der Waals surface area contributed by atoms with Gasteiger partial charge in [0.05, 0.1) is 18.7 Å². The lowest BCUT2D eigenvalue weighted by Gasteiger charge is -2.41. The molecule has 1 aromatic heterocycles. The first-order valence-electron chi connectivity index (χ1n) is 10.2. The number of hydrogen-bond donors (Lipinski definition) is 0. The van der Waals surface area contributed by atoms with Gasteiger partial charge < -0.3 is 9.64 Å². The molecule has 2 unspecified atom stereocenters. The Bertz CT molecular complexity index is 750. The first-order chi connectivity index (χ1) is 13.6. The highest BCUT2D eigenvalue weighted by Crippen LogP contribution is 2.29. The highest BCUT2D eigenvalue weighted by Gasteiger charge is 2.32. The topological polar surface area (TPSA) is 59.3 Å². The Labute approximate surface area is 165 Å².